The van der Waals surface area contributed by atoms with Gasteiger partial charge in [0.2, 0.25) is 0 Å². The topological polar surface area (TPSA) is 59.6 Å². The number of hydrogen-bond acceptors (Lipinski definition) is 4. The fourth-order valence-corrected chi connectivity index (χ4v) is 2.80. The third-order valence-corrected chi connectivity index (χ3v) is 4.12. The van der Waals surface area contributed by atoms with E-state index in [2.05, 4.69) is 10.6 Å². The Morgan fingerprint density at radius 3 is 2.88 bits per heavy atom. The van der Waals surface area contributed by atoms with Crippen molar-refractivity contribution in [1.29, 1.82) is 0 Å². The minimum atomic E-state index is -0.421. The molecule has 1 atom stereocenters. The van der Waals surface area contributed by atoms with Crippen LogP contribution in [0.2, 0.25) is 0 Å². The summed E-state index contributed by atoms with van der Waals surface area (Å²) in [7, 11) is 1.50. The number of nitrogens with one attached hydrogen (secondary N) is 2. The molecule has 1 amide bonds. The summed E-state index contributed by atoms with van der Waals surface area (Å²) in [5.74, 6) is -0.303. The molecule has 6 heteroatoms. The molecule has 1 aliphatic heterocycles. The molecule has 132 valence electrons. The fourth-order valence-electron chi connectivity index (χ4n) is 2.80. The lowest BCUT2D eigenvalue weighted by molar-refractivity contribution is 0.102. The molecule has 0 aromatic heterocycles. The van der Waals surface area contributed by atoms with Gasteiger partial charge in [0.15, 0.2) is 0 Å². The Morgan fingerprint density at radius 2 is 2.16 bits per heavy atom. The summed E-state index contributed by atoms with van der Waals surface area (Å²) in [5, 5.41) is 5.74. The molecule has 2 N–H and O–H groups in total. The number of halogens is 1. The van der Waals surface area contributed by atoms with Gasteiger partial charge in [-0.1, -0.05) is 12.1 Å². The molecule has 0 radical (unpaired) electrons. The number of carbonyl (C=O) groups is 1. The van der Waals surface area contributed by atoms with Crippen LogP contribution in [0.3, 0.4) is 0 Å². The van der Waals surface area contributed by atoms with Crippen LogP contribution in [0.1, 0.15) is 23.2 Å². The summed E-state index contributed by atoms with van der Waals surface area (Å²) in [6, 6.07) is 11.5. The minimum absolute atomic E-state index is 0.129. The van der Waals surface area contributed by atoms with Gasteiger partial charge in [0, 0.05) is 18.8 Å². The van der Waals surface area contributed by atoms with Gasteiger partial charge in [-0.3, -0.25) is 4.79 Å². The van der Waals surface area contributed by atoms with E-state index in [-0.39, 0.29) is 12.0 Å². The van der Waals surface area contributed by atoms with Crippen LogP contribution in [0.4, 0.5) is 15.8 Å². The standard InChI is InChI=1S/C19H21FN2O3/c1-24-18-7-3-2-6-15(18)19(23)22-13-8-9-17(16(20)11-13)21-12-14-5-4-10-25-14/h2-3,6-9,11,14,21H,4-5,10,12H2,1H3,(H,22,23). The molecule has 3 rings (SSSR count). The highest BCUT2D eigenvalue weighted by atomic mass is 19.1. The highest BCUT2D eigenvalue weighted by Crippen LogP contribution is 2.23. The van der Waals surface area contributed by atoms with Gasteiger partial charge in [-0.15, -0.1) is 0 Å². The van der Waals surface area contributed by atoms with E-state index in [1.807, 2.05) is 0 Å². The van der Waals surface area contributed by atoms with E-state index >= 15 is 0 Å². The number of anilines is 2. The summed E-state index contributed by atoms with van der Waals surface area (Å²) >= 11 is 0. The first-order chi connectivity index (χ1) is 12.2. The molecule has 5 nitrogen and oxygen atoms in total. The monoisotopic (exact) mass is 344 g/mol. The lowest BCUT2D eigenvalue weighted by Gasteiger charge is -2.14. The second-order valence-corrected chi connectivity index (χ2v) is 5.86. The van der Waals surface area contributed by atoms with Crippen LogP contribution in [0.5, 0.6) is 5.75 Å². The molecule has 25 heavy (non-hydrogen) atoms. The fraction of sp³-hybridized carbons (Fsp3) is 0.316. The summed E-state index contributed by atoms with van der Waals surface area (Å²) < 4.78 is 24.9. The third kappa shape index (κ3) is 4.28. The van der Waals surface area contributed by atoms with Crippen molar-refractivity contribution < 1.29 is 18.7 Å². The Labute approximate surface area is 146 Å². The van der Waals surface area contributed by atoms with Crippen molar-refractivity contribution in [2.24, 2.45) is 0 Å². The lowest BCUT2D eigenvalue weighted by atomic mass is 10.1. The maximum absolute atomic E-state index is 14.2. The molecule has 1 saturated heterocycles. The van der Waals surface area contributed by atoms with Gasteiger partial charge in [0.1, 0.15) is 11.6 Å². The molecule has 0 aliphatic carbocycles. The first-order valence-electron chi connectivity index (χ1n) is 8.27. The molecule has 1 fully saturated rings. The Bertz CT molecular complexity index is 745. The number of hydrogen-bond donors (Lipinski definition) is 2. The van der Waals surface area contributed by atoms with E-state index in [9.17, 15) is 9.18 Å². The van der Waals surface area contributed by atoms with Crippen LogP contribution in [0, 0.1) is 5.82 Å². The van der Waals surface area contributed by atoms with E-state index in [4.69, 9.17) is 9.47 Å². The Morgan fingerprint density at radius 1 is 1.32 bits per heavy atom. The average Bonchev–Trinajstić information content (AvgIpc) is 3.14. The maximum atomic E-state index is 14.2. The average molecular weight is 344 g/mol. The number of methoxy groups -OCH3 is 1. The van der Waals surface area contributed by atoms with E-state index in [1.54, 1.807) is 36.4 Å². The predicted molar refractivity (Wildman–Crippen MR) is 94.8 cm³/mol. The van der Waals surface area contributed by atoms with Crippen molar-refractivity contribution in [3.05, 3.63) is 53.8 Å². The Kier molecular flexibility index (Phi) is 5.50. The highest BCUT2D eigenvalue weighted by Gasteiger charge is 2.16. The van der Waals surface area contributed by atoms with E-state index in [0.717, 1.165) is 19.4 Å². The third-order valence-electron chi connectivity index (χ3n) is 4.12. The van der Waals surface area contributed by atoms with Gasteiger partial charge in [-0.25, -0.2) is 4.39 Å². The van der Waals surface area contributed by atoms with Crippen LogP contribution < -0.4 is 15.4 Å². The zero-order valence-electron chi connectivity index (χ0n) is 14.0. The van der Waals surface area contributed by atoms with Crippen molar-refractivity contribution in [1.82, 2.24) is 0 Å². The van der Waals surface area contributed by atoms with Crippen molar-refractivity contribution in [3.8, 4) is 5.75 Å². The van der Waals surface area contributed by atoms with E-state index in [1.165, 1.54) is 13.2 Å². The zero-order valence-corrected chi connectivity index (χ0v) is 14.0. The summed E-state index contributed by atoms with van der Waals surface area (Å²) in [4.78, 5) is 12.3. The van der Waals surface area contributed by atoms with Gasteiger partial charge in [0.25, 0.3) is 5.91 Å². The van der Waals surface area contributed by atoms with Crippen LogP contribution in [-0.4, -0.2) is 32.3 Å². The lowest BCUT2D eigenvalue weighted by Crippen LogP contribution is -2.19. The minimum Gasteiger partial charge on any atom is -0.496 e. The van der Waals surface area contributed by atoms with Crippen LogP contribution in [0.25, 0.3) is 0 Å². The Balaban J connectivity index is 1.64. The smallest absolute Gasteiger partial charge is 0.259 e. The first-order valence-corrected chi connectivity index (χ1v) is 8.27. The largest absolute Gasteiger partial charge is 0.496 e. The molecule has 2 aromatic carbocycles. The number of para-hydroxylation sites is 1. The van der Waals surface area contributed by atoms with Gasteiger partial charge in [-0.2, -0.15) is 0 Å². The first kappa shape index (κ1) is 17.2. The molecule has 0 spiro atoms. The number of ether oxygens (including phenoxy) is 2. The molecule has 1 unspecified atom stereocenters. The zero-order chi connectivity index (χ0) is 17.6. The molecular formula is C19H21FN2O3. The van der Waals surface area contributed by atoms with Gasteiger partial charge in [-0.05, 0) is 43.2 Å². The van der Waals surface area contributed by atoms with Crippen molar-refractivity contribution in [2.75, 3.05) is 30.9 Å². The molecule has 0 bridgehead atoms. The molecule has 1 aliphatic rings. The highest BCUT2D eigenvalue weighted by molar-refractivity contribution is 6.06. The van der Waals surface area contributed by atoms with Gasteiger partial charge < -0.3 is 20.1 Å². The quantitative estimate of drug-likeness (QED) is 0.839. The van der Waals surface area contributed by atoms with E-state index in [0.29, 0.717) is 29.2 Å². The van der Waals surface area contributed by atoms with Crippen molar-refractivity contribution in [2.45, 2.75) is 18.9 Å². The van der Waals surface area contributed by atoms with E-state index < -0.39 is 5.82 Å². The Hall–Kier alpha value is -2.60. The molecule has 2 aromatic rings. The molecular weight excluding hydrogens is 323 g/mol. The van der Waals surface area contributed by atoms with Gasteiger partial charge in [0.05, 0.1) is 24.5 Å². The number of rotatable bonds is 6. The number of benzene rings is 2. The number of carbonyl (C=O) groups excluding carboxylic acids is 1. The second-order valence-electron chi connectivity index (χ2n) is 5.86. The maximum Gasteiger partial charge on any atom is 0.259 e. The summed E-state index contributed by atoms with van der Waals surface area (Å²) in [6.45, 7) is 1.34. The van der Waals surface area contributed by atoms with Crippen molar-refractivity contribution >= 4 is 17.3 Å². The summed E-state index contributed by atoms with van der Waals surface area (Å²) in [6.07, 6.45) is 2.16. The second kappa shape index (κ2) is 7.98. The normalized spacial score (nSPS) is 16.5. The van der Waals surface area contributed by atoms with Crippen LogP contribution in [-0.2, 0) is 4.74 Å². The van der Waals surface area contributed by atoms with Gasteiger partial charge >= 0.3 is 0 Å². The molecule has 0 saturated carbocycles. The van der Waals surface area contributed by atoms with Crippen LogP contribution >= 0.6 is 0 Å². The predicted octanol–water partition coefficient (Wildman–Crippen LogP) is 3.68. The molecule has 1 heterocycles. The summed E-state index contributed by atoms with van der Waals surface area (Å²) in [5.41, 5.74) is 1.17. The van der Waals surface area contributed by atoms with Crippen molar-refractivity contribution in [3.63, 3.8) is 0 Å². The number of amides is 1. The SMILES string of the molecule is COc1ccccc1C(=O)Nc1ccc(NCC2CCCO2)c(F)c1. The van der Waals surface area contributed by atoms with Crippen LogP contribution in [0.15, 0.2) is 42.5 Å².